The molecule has 4 rings (SSSR count). The highest BCUT2D eigenvalue weighted by molar-refractivity contribution is 6.30. The first kappa shape index (κ1) is 14.9. The van der Waals surface area contributed by atoms with Crippen LogP contribution in [0.15, 0.2) is 54.7 Å². The van der Waals surface area contributed by atoms with Gasteiger partial charge in [-0.1, -0.05) is 23.7 Å². The normalized spacial score (nSPS) is 16.6. The molecule has 2 aromatic carbocycles. The fourth-order valence-corrected chi connectivity index (χ4v) is 3.22. The zero-order valence-corrected chi connectivity index (χ0v) is 13.3. The van der Waals surface area contributed by atoms with E-state index in [4.69, 9.17) is 11.6 Å². The third kappa shape index (κ3) is 2.57. The number of benzene rings is 2. The molecule has 0 saturated carbocycles. The van der Waals surface area contributed by atoms with Gasteiger partial charge in [-0.25, -0.2) is 9.07 Å². The van der Waals surface area contributed by atoms with Crippen LogP contribution < -0.4 is 5.32 Å². The number of aromatic nitrogens is 2. The van der Waals surface area contributed by atoms with Gasteiger partial charge in [-0.3, -0.25) is 4.79 Å². The highest BCUT2D eigenvalue weighted by Gasteiger charge is 2.30. The molecule has 1 amide bonds. The van der Waals surface area contributed by atoms with E-state index in [0.29, 0.717) is 22.9 Å². The molecule has 0 saturated heterocycles. The van der Waals surface area contributed by atoms with Crippen LogP contribution in [0.5, 0.6) is 0 Å². The summed E-state index contributed by atoms with van der Waals surface area (Å²) in [6, 6.07) is 13.5. The molecule has 1 aliphatic rings. The molecular weight excluding hydrogens is 329 g/mol. The van der Waals surface area contributed by atoms with E-state index in [2.05, 4.69) is 10.4 Å². The van der Waals surface area contributed by atoms with E-state index in [1.54, 1.807) is 29.1 Å². The topological polar surface area (TPSA) is 46.9 Å². The van der Waals surface area contributed by atoms with E-state index < -0.39 is 0 Å². The lowest BCUT2D eigenvalue weighted by molar-refractivity contribution is -0.116. The molecule has 0 aliphatic carbocycles. The number of nitrogens with zero attached hydrogens (tertiary/aromatic N) is 2. The second-order valence-corrected chi connectivity index (χ2v) is 6.13. The molecule has 0 fully saturated rings. The summed E-state index contributed by atoms with van der Waals surface area (Å²) in [7, 11) is 0. The number of halogens is 2. The number of hydrogen-bond donors (Lipinski definition) is 1. The number of fused-ring (bicyclic) bond motifs is 1. The maximum Gasteiger partial charge on any atom is 0.226 e. The molecule has 2 heterocycles. The van der Waals surface area contributed by atoms with Gasteiger partial charge in [-0.2, -0.15) is 5.10 Å². The fourth-order valence-electron chi connectivity index (χ4n) is 3.02. The van der Waals surface area contributed by atoms with Crippen molar-refractivity contribution in [2.24, 2.45) is 0 Å². The van der Waals surface area contributed by atoms with E-state index in [-0.39, 0.29) is 17.6 Å². The van der Waals surface area contributed by atoms with Crippen molar-refractivity contribution in [2.45, 2.75) is 12.3 Å². The number of nitrogens with one attached hydrogen (secondary N) is 1. The third-order valence-corrected chi connectivity index (χ3v) is 4.38. The molecule has 0 radical (unpaired) electrons. The van der Waals surface area contributed by atoms with Crippen LogP contribution in [-0.2, 0) is 4.79 Å². The molecule has 1 N–H and O–H groups in total. The molecule has 0 spiro atoms. The Morgan fingerprint density at radius 3 is 2.75 bits per heavy atom. The second kappa shape index (κ2) is 5.76. The van der Waals surface area contributed by atoms with Gasteiger partial charge in [0, 0.05) is 22.9 Å². The maximum atomic E-state index is 13.1. The van der Waals surface area contributed by atoms with Crippen LogP contribution in [0.2, 0.25) is 5.02 Å². The van der Waals surface area contributed by atoms with Crippen molar-refractivity contribution in [3.8, 4) is 5.69 Å². The molecule has 24 heavy (non-hydrogen) atoms. The SMILES string of the molecule is O=C1C[C@H](c2cccc(Cl)c2)c2cnn(-c3ccc(F)cc3)c2N1. The van der Waals surface area contributed by atoms with E-state index in [9.17, 15) is 9.18 Å². The first-order valence-corrected chi connectivity index (χ1v) is 7.89. The van der Waals surface area contributed by atoms with Crippen molar-refractivity contribution >= 4 is 23.3 Å². The molecular formula is C18H13ClFN3O. The average Bonchev–Trinajstić information content (AvgIpc) is 2.98. The highest BCUT2D eigenvalue weighted by Crippen LogP contribution is 2.38. The Hall–Kier alpha value is -2.66. The van der Waals surface area contributed by atoms with Crippen molar-refractivity contribution in [1.29, 1.82) is 0 Å². The minimum absolute atomic E-state index is 0.0867. The molecule has 1 aliphatic heterocycles. The highest BCUT2D eigenvalue weighted by atomic mass is 35.5. The standard InChI is InChI=1S/C18H13ClFN3O/c19-12-3-1-2-11(8-12)15-9-17(24)22-18-16(15)10-21-23(18)14-6-4-13(20)5-7-14/h1-8,10,15H,9H2,(H,22,24)/t15-/m1/s1. The monoisotopic (exact) mass is 341 g/mol. The summed E-state index contributed by atoms with van der Waals surface area (Å²) >= 11 is 6.09. The van der Waals surface area contributed by atoms with Crippen molar-refractivity contribution < 1.29 is 9.18 Å². The van der Waals surface area contributed by atoms with Gasteiger partial charge in [-0.05, 0) is 42.0 Å². The van der Waals surface area contributed by atoms with E-state index >= 15 is 0 Å². The second-order valence-electron chi connectivity index (χ2n) is 5.70. The molecule has 6 heteroatoms. The largest absolute Gasteiger partial charge is 0.310 e. The van der Waals surface area contributed by atoms with Gasteiger partial charge in [0.25, 0.3) is 0 Å². The average molecular weight is 342 g/mol. The molecule has 120 valence electrons. The smallest absolute Gasteiger partial charge is 0.226 e. The number of carbonyl (C=O) groups is 1. The number of amides is 1. The third-order valence-electron chi connectivity index (χ3n) is 4.14. The number of hydrogen-bond acceptors (Lipinski definition) is 2. The summed E-state index contributed by atoms with van der Waals surface area (Å²) in [6.07, 6.45) is 2.08. The van der Waals surface area contributed by atoms with Crippen LogP contribution in [0.4, 0.5) is 10.2 Å². The van der Waals surface area contributed by atoms with Crippen molar-refractivity contribution in [3.05, 3.63) is 76.7 Å². The van der Waals surface area contributed by atoms with Crippen molar-refractivity contribution in [1.82, 2.24) is 9.78 Å². The van der Waals surface area contributed by atoms with Crippen LogP contribution >= 0.6 is 11.6 Å². The summed E-state index contributed by atoms with van der Waals surface area (Å²) < 4.78 is 14.8. The molecule has 1 atom stereocenters. The van der Waals surface area contributed by atoms with E-state index in [1.807, 2.05) is 18.2 Å². The van der Waals surface area contributed by atoms with Crippen LogP contribution in [0.25, 0.3) is 5.69 Å². The lowest BCUT2D eigenvalue weighted by atomic mass is 9.87. The predicted molar refractivity (Wildman–Crippen MR) is 90.1 cm³/mol. The van der Waals surface area contributed by atoms with Gasteiger partial charge < -0.3 is 5.32 Å². The minimum atomic E-state index is -0.319. The van der Waals surface area contributed by atoms with E-state index in [1.165, 1.54) is 12.1 Å². The predicted octanol–water partition coefficient (Wildman–Crippen LogP) is 4.14. The Morgan fingerprint density at radius 2 is 2.00 bits per heavy atom. The summed E-state index contributed by atoms with van der Waals surface area (Å²) in [5, 5.41) is 7.88. The summed E-state index contributed by atoms with van der Waals surface area (Å²) in [6.45, 7) is 0. The number of anilines is 1. The lowest BCUT2D eigenvalue weighted by Gasteiger charge is -2.24. The molecule has 1 aromatic heterocycles. The van der Waals surface area contributed by atoms with Crippen LogP contribution in [0.1, 0.15) is 23.5 Å². The molecule has 3 aromatic rings. The van der Waals surface area contributed by atoms with Crippen molar-refractivity contribution in [3.63, 3.8) is 0 Å². The van der Waals surface area contributed by atoms with E-state index in [0.717, 1.165) is 11.1 Å². The molecule has 0 unspecified atom stereocenters. The maximum absolute atomic E-state index is 13.1. The Kier molecular flexibility index (Phi) is 3.58. The van der Waals surface area contributed by atoms with Crippen molar-refractivity contribution in [2.75, 3.05) is 5.32 Å². The Morgan fingerprint density at radius 1 is 1.21 bits per heavy atom. The molecule has 4 nitrogen and oxygen atoms in total. The number of carbonyl (C=O) groups excluding carboxylic acids is 1. The van der Waals surface area contributed by atoms with Gasteiger partial charge in [0.05, 0.1) is 11.9 Å². The van der Waals surface area contributed by atoms with Crippen LogP contribution in [0, 0.1) is 5.82 Å². The lowest BCUT2D eigenvalue weighted by Crippen LogP contribution is -2.24. The Labute approximate surface area is 142 Å². The van der Waals surface area contributed by atoms with Gasteiger partial charge in [-0.15, -0.1) is 0 Å². The number of rotatable bonds is 2. The van der Waals surface area contributed by atoms with Crippen LogP contribution in [-0.4, -0.2) is 15.7 Å². The van der Waals surface area contributed by atoms with Gasteiger partial charge >= 0.3 is 0 Å². The quantitative estimate of drug-likeness (QED) is 0.761. The Balaban J connectivity index is 1.81. The molecule has 0 bridgehead atoms. The van der Waals surface area contributed by atoms with Gasteiger partial charge in [0.1, 0.15) is 11.6 Å². The Bertz CT molecular complexity index is 920. The summed E-state index contributed by atoms with van der Waals surface area (Å²) in [4.78, 5) is 12.2. The van der Waals surface area contributed by atoms with Crippen LogP contribution in [0.3, 0.4) is 0 Å². The van der Waals surface area contributed by atoms with Gasteiger partial charge in [0.2, 0.25) is 5.91 Å². The summed E-state index contributed by atoms with van der Waals surface area (Å²) in [5.41, 5.74) is 2.57. The fraction of sp³-hybridized carbons (Fsp3) is 0.111. The summed E-state index contributed by atoms with van der Waals surface area (Å²) in [5.74, 6) is 0.0985. The first-order chi connectivity index (χ1) is 11.6. The zero-order valence-electron chi connectivity index (χ0n) is 12.5. The minimum Gasteiger partial charge on any atom is -0.310 e. The van der Waals surface area contributed by atoms with Gasteiger partial charge in [0.15, 0.2) is 0 Å². The zero-order chi connectivity index (χ0) is 16.7. The first-order valence-electron chi connectivity index (χ1n) is 7.51.